The van der Waals surface area contributed by atoms with Crippen molar-refractivity contribution in [3.63, 3.8) is 0 Å². The van der Waals surface area contributed by atoms with E-state index in [-0.39, 0.29) is 0 Å². The van der Waals surface area contributed by atoms with Crippen LogP contribution in [0.3, 0.4) is 0 Å². The maximum absolute atomic E-state index is 4.41. The van der Waals surface area contributed by atoms with E-state index in [1.165, 1.54) is 28.0 Å². The molecule has 0 saturated carbocycles. The van der Waals surface area contributed by atoms with Crippen molar-refractivity contribution in [2.75, 3.05) is 0 Å². The predicted octanol–water partition coefficient (Wildman–Crippen LogP) is 3.93. The van der Waals surface area contributed by atoms with Gasteiger partial charge >= 0.3 is 0 Å². The first-order chi connectivity index (χ1) is 7.61. The Morgan fingerprint density at radius 1 is 1.12 bits per heavy atom. The Kier molecular flexibility index (Phi) is 2.95. The van der Waals surface area contributed by atoms with Gasteiger partial charge in [0, 0.05) is 18.3 Å². The molecule has 16 heavy (non-hydrogen) atoms. The molecule has 0 amide bonds. The Bertz CT molecular complexity index is 452. The zero-order valence-electron chi connectivity index (χ0n) is 10.5. The Hall–Kier alpha value is -1.37. The van der Waals surface area contributed by atoms with E-state index in [0.29, 0.717) is 5.92 Å². The highest BCUT2D eigenvalue weighted by Gasteiger charge is 2.23. The van der Waals surface area contributed by atoms with Crippen LogP contribution >= 0.6 is 0 Å². The van der Waals surface area contributed by atoms with Crippen LogP contribution in [-0.2, 0) is 6.42 Å². The summed E-state index contributed by atoms with van der Waals surface area (Å²) in [5, 5.41) is 0. The van der Waals surface area contributed by atoms with Gasteiger partial charge < -0.3 is 0 Å². The summed E-state index contributed by atoms with van der Waals surface area (Å²) in [6, 6.07) is 6.14. The van der Waals surface area contributed by atoms with Gasteiger partial charge in [-0.3, -0.25) is 4.98 Å². The molecule has 1 heterocycles. The lowest BCUT2D eigenvalue weighted by atomic mass is 9.94. The van der Waals surface area contributed by atoms with Crippen molar-refractivity contribution in [3.8, 4) is 0 Å². The van der Waals surface area contributed by atoms with Gasteiger partial charge in [-0.25, -0.2) is 0 Å². The standard InChI is InChI=1S/C15H19N/c1-10-11(2)13(4)15(12(10)3)9-14-7-5-6-8-16-14/h5-8,12H,9H2,1-4H3. The summed E-state index contributed by atoms with van der Waals surface area (Å²) in [5.74, 6) is 0.585. The molecule has 0 N–H and O–H groups in total. The highest BCUT2D eigenvalue weighted by Crippen LogP contribution is 2.37. The molecule has 2 rings (SSSR count). The average molecular weight is 213 g/mol. The summed E-state index contributed by atoms with van der Waals surface area (Å²) >= 11 is 0. The third-order valence-corrected chi connectivity index (χ3v) is 3.91. The minimum atomic E-state index is 0.585. The van der Waals surface area contributed by atoms with E-state index in [9.17, 15) is 0 Å². The van der Waals surface area contributed by atoms with Crippen LogP contribution in [0.1, 0.15) is 33.4 Å². The molecular formula is C15H19N. The minimum Gasteiger partial charge on any atom is -0.261 e. The molecule has 0 fully saturated rings. The van der Waals surface area contributed by atoms with Gasteiger partial charge in [0.15, 0.2) is 0 Å². The molecule has 1 aliphatic carbocycles. The van der Waals surface area contributed by atoms with E-state index < -0.39 is 0 Å². The molecule has 0 aromatic carbocycles. The fourth-order valence-corrected chi connectivity index (χ4v) is 2.43. The summed E-state index contributed by atoms with van der Waals surface area (Å²) in [6.45, 7) is 9.01. The Balaban J connectivity index is 2.26. The fraction of sp³-hybridized carbons (Fsp3) is 0.400. The molecule has 0 bridgehead atoms. The van der Waals surface area contributed by atoms with Crippen LogP contribution < -0.4 is 0 Å². The first-order valence-corrected chi connectivity index (χ1v) is 5.88. The summed E-state index contributed by atoms with van der Waals surface area (Å²) in [7, 11) is 0. The fourth-order valence-electron chi connectivity index (χ4n) is 2.43. The number of allylic oxidation sites excluding steroid dienone is 4. The third-order valence-electron chi connectivity index (χ3n) is 3.91. The number of hydrogen-bond acceptors (Lipinski definition) is 1. The van der Waals surface area contributed by atoms with E-state index in [4.69, 9.17) is 0 Å². The second-order valence-corrected chi connectivity index (χ2v) is 4.68. The van der Waals surface area contributed by atoms with Crippen molar-refractivity contribution in [1.82, 2.24) is 4.98 Å². The first kappa shape index (κ1) is 11.1. The summed E-state index contributed by atoms with van der Waals surface area (Å²) in [4.78, 5) is 4.41. The zero-order chi connectivity index (χ0) is 11.7. The minimum absolute atomic E-state index is 0.585. The van der Waals surface area contributed by atoms with E-state index >= 15 is 0 Å². The van der Waals surface area contributed by atoms with Crippen molar-refractivity contribution in [3.05, 3.63) is 52.4 Å². The second-order valence-electron chi connectivity index (χ2n) is 4.68. The molecule has 1 nitrogen and oxygen atoms in total. The number of rotatable bonds is 2. The Labute approximate surface area is 97.9 Å². The largest absolute Gasteiger partial charge is 0.261 e. The second kappa shape index (κ2) is 4.25. The molecule has 84 valence electrons. The van der Waals surface area contributed by atoms with Crippen LogP contribution in [-0.4, -0.2) is 4.98 Å². The molecule has 1 atom stereocenters. The molecule has 1 aromatic heterocycles. The van der Waals surface area contributed by atoms with Crippen LogP contribution in [0.4, 0.5) is 0 Å². The third kappa shape index (κ3) is 1.82. The van der Waals surface area contributed by atoms with Crippen molar-refractivity contribution in [2.24, 2.45) is 5.92 Å². The molecule has 0 aliphatic heterocycles. The van der Waals surface area contributed by atoms with Crippen molar-refractivity contribution < 1.29 is 0 Å². The monoisotopic (exact) mass is 213 g/mol. The average Bonchev–Trinajstić information content (AvgIpc) is 2.48. The molecule has 0 radical (unpaired) electrons. The van der Waals surface area contributed by atoms with Crippen LogP contribution in [0, 0.1) is 5.92 Å². The highest BCUT2D eigenvalue weighted by molar-refractivity contribution is 5.47. The van der Waals surface area contributed by atoms with Gasteiger partial charge in [-0.1, -0.05) is 24.1 Å². The van der Waals surface area contributed by atoms with E-state index in [0.717, 1.165) is 6.42 Å². The topological polar surface area (TPSA) is 12.9 Å². The lowest BCUT2D eigenvalue weighted by Gasteiger charge is -2.12. The van der Waals surface area contributed by atoms with E-state index in [1.807, 2.05) is 12.3 Å². The van der Waals surface area contributed by atoms with E-state index in [2.05, 4.69) is 44.8 Å². The lowest BCUT2D eigenvalue weighted by molar-refractivity contribution is 0.775. The van der Waals surface area contributed by atoms with Crippen molar-refractivity contribution in [1.29, 1.82) is 0 Å². The Morgan fingerprint density at radius 2 is 1.88 bits per heavy atom. The summed E-state index contributed by atoms with van der Waals surface area (Å²) < 4.78 is 0. The zero-order valence-corrected chi connectivity index (χ0v) is 10.5. The van der Waals surface area contributed by atoms with Gasteiger partial charge in [0.1, 0.15) is 0 Å². The quantitative estimate of drug-likeness (QED) is 0.725. The molecule has 0 spiro atoms. The van der Waals surface area contributed by atoms with Crippen LogP contribution in [0.2, 0.25) is 0 Å². The number of aromatic nitrogens is 1. The maximum atomic E-state index is 4.41. The van der Waals surface area contributed by atoms with Gasteiger partial charge in [0.25, 0.3) is 0 Å². The van der Waals surface area contributed by atoms with Crippen molar-refractivity contribution >= 4 is 0 Å². The molecule has 1 aliphatic rings. The maximum Gasteiger partial charge on any atom is 0.0444 e. The molecule has 1 aromatic rings. The first-order valence-electron chi connectivity index (χ1n) is 5.88. The van der Waals surface area contributed by atoms with Crippen LogP contribution in [0.25, 0.3) is 0 Å². The van der Waals surface area contributed by atoms with Gasteiger partial charge in [-0.15, -0.1) is 0 Å². The van der Waals surface area contributed by atoms with Gasteiger partial charge in [0.2, 0.25) is 0 Å². The molecule has 0 saturated heterocycles. The number of pyridine rings is 1. The van der Waals surface area contributed by atoms with Gasteiger partial charge in [-0.2, -0.15) is 0 Å². The SMILES string of the molecule is CC1=C(C)C(C)C(Cc2ccccn2)=C1C. The summed E-state index contributed by atoms with van der Waals surface area (Å²) in [5.41, 5.74) is 7.16. The smallest absolute Gasteiger partial charge is 0.0444 e. The number of hydrogen-bond donors (Lipinski definition) is 0. The normalized spacial score (nSPS) is 20.9. The number of nitrogens with zero attached hydrogens (tertiary/aromatic N) is 1. The van der Waals surface area contributed by atoms with Crippen LogP contribution in [0.15, 0.2) is 46.7 Å². The Morgan fingerprint density at radius 3 is 2.38 bits per heavy atom. The predicted molar refractivity (Wildman–Crippen MR) is 68.2 cm³/mol. The molecular weight excluding hydrogens is 194 g/mol. The molecule has 1 unspecified atom stereocenters. The van der Waals surface area contributed by atoms with Crippen molar-refractivity contribution in [2.45, 2.75) is 34.1 Å². The molecule has 1 heteroatoms. The highest BCUT2D eigenvalue weighted by atomic mass is 14.7. The van der Waals surface area contributed by atoms with E-state index in [1.54, 1.807) is 0 Å². The summed E-state index contributed by atoms with van der Waals surface area (Å²) in [6.07, 6.45) is 2.86. The lowest BCUT2D eigenvalue weighted by Crippen LogP contribution is -2.02. The van der Waals surface area contributed by atoms with Gasteiger partial charge in [0.05, 0.1) is 0 Å². The van der Waals surface area contributed by atoms with Crippen LogP contribution in [0.5, 0.6) is 0 Å². The van der Waals surface area contributed by atoms with Gasteiger partial charge in [-0.05, 0) is 50.0 Å².